The van der Waals surface area contributed by atoms with Gasteiger partial charge in [-0.3, -0.25) is 9.69 Å². The van der Waals surface area contributed by atoms with Crippen LogP contribution < -0.4 is 4.90 Å². The molecule has 7 heteroatoms. The summed E-state index contributed by atoms with van der Waals surface area (Å²) in [5.41, 5.74) is 0.564. The number of halogens is 2. The molecule has 2 aliphatic heterocycles. The number of hydrogen-bond donors (Lipinski definition) is 0. The van der Waals surface area contributed by atoms with Crippen LogP contribution in [0.5, 0.6) is 0 Å². The third-order valence-corrected chi connectivity index (χ3v) is 5.23. The van der Waals surface area contributed by atoms with Crippen molar-refractivity contribution in [2.24, 2.45) is 0 Å². The van der Waals surface area contributed by atoms with E-state index in [0.717, 1.165) is 32.5 Å². The molecule has 2 fully saturated rings. The summed E-state index contributed by atoms with van der Waals surface area (Å²) in [5, 5.41) is 0. The first-order valence-corrected chi connectivity index (χ1v) is 8.87. The molecule has 1 aromatic heterocycles. The molecule has 2 aromatic rings. The molecule has 2 bridgehead atoms. The molecule has 0 N–H and O–H groups in total. The highest BCUT2D eigenvalue weighted by Gasteiger charge is 2.43. The first-order valence-electron chi connectivity index (χ1n) is 8.87. The van der Waals surface area contributed by atoms with Crippen molar-refractivity contribution in [2.45, 2.75) is 31.3 Å². The predicted molar refractivity (Wildman–Crippen MR) is 93.1 cm³/mol. The number of anilines is 1. The van der Waals surface area contributed by atoms with Crippen molar-refractivity contribution >= 4 is 11.7 Å². The lowest BCUT2D eigenvalue weighted by Crippen LogP contribution is -2.47. The van der Waals surface area contributed by atoms with E-state index in [0.29, 0.717) is 30.0 Å². The molecule has 0 amide bonds. The van der Waals surface area contributed by atoms with Crippen molar-refractivity contribution in [1.29, 1.82) is 0 Å². The molecular formula is C19H20F2N4O. The second-order valence-electron chi connectivity index (χ2n) is 6.93. The minimum absolute atomic E-state index is 0.0516. The second kappa shape index (κ2) is 7.07. The van der Waals surface area contributed by atoms with Crippen LogP contribution in [0.15, 0.2) is 36.7 Å². The molecule has 0 spiro atoms. The van der Waals surface area contributed by atoms with Gasteiger partial charge in [0.2, 0.25) is 5.95 Å². The van der Waals surface area contributed by atoms with Crippen LogP contribution in [-0.2, 0) is 0 Å². The number of carbonyl (C=O) groups is 1. The molecule has 4 rings (SSSR count). The average molecular weight is 358 g/mol. The zero-order chi connectivity index (χ0) is 18.1. The van der Waals surface area contributed by atoms with E-state index >= 15 is 0 Å². The summed E-state index contributed by atoms with van der Waals surface area (Å²) < 4.78 is 25.9. The lowest BCUT2D eigenvalue weighted by molar-refractivity contribution is 0.0973. The Bertz CT molecular complexity index is 781. The summed E-state index contributed by atoms with van der Waals surface area (Å²) in [6, 6.07) is 6.48. The summed E-state index contributed by atoms with van der Waals surface area (Å²) >= 11 is 0. The van der Waals surface area contributed by atoms with Gasteiger partial charge in [-0.15, -0.1) is 0 Å². The molecule has 2 atom stereocenters. The zero-order valence-corrected chi connectivity index (χ0v) is 14.3. The largest absolute Gasteiger partial charge is 0.335 e. The van der Waals surface area contributed by atoms with Gasteiger partial charge in [-0.25, -0.2) is 18.7 Å². The Morgan fingerprint density at radius 3 is 2.42 bits per heavy atom. The number of piperazine rings is 1. The third-order valence-electron chi connectivity index (χ3n) is 5.23. The van der Waals surface area contributed by atoms with E-state index in [2.05, 4.69) is 19.8 Å². The number of ketones is 1. The number of nitrogens with zero attached hydrogens (tertiary/aromatic N) is 4. The van der Waals surface area contributed by atoms with E-state index in [4.69, 9.17) is 0 Å². The fourth-order valence-electron chi connectivity index (χ4n) is 3.94. The molecule has 136 valence electrons. The number of aromatic nitrogens is 2. The molecule has 1 aromatic carbocycles. The van der Waals surface area contributed by atoms with Crippen LogP contribution in [0.25, 0.3) is 0 Å². The number of rotatable bonds is 6. The second-order valence-corrected chi connectivity index (χ2v) is 6.93. The van der Waals surface area contributed by atoms with Gasteiger partial charge in [0.15, 0.2) is 11.6 Å². The van der Waals surface area contributed by atoms with Crippen LogP contribution in [0.4, 0.5) is 14.7 Å². The van der Waals surface area contributed by atoms with E-state index in [1.807, 2.05) is 0 Å². The fourth-order valence-corrected chi connectivity index (χ4v) is 3.94. The fraction of sp³-hybridized carbons (Fsp3) is 0.421. The van der Waals surface area contributed by atoms with Gasteiger partial charge in [-0.05, 0) is 43.7 Å². The molecule has 0 unspecified atom stereocenters. The van der Waals surface area contributed by atoms with Crippen LogP contribution in [0.1, 0.15) is 29.6 Å². The van der Waals surface area contributed by atoms with E-state index in [1.54, 1.807) is 0 Å². The summed E-state index contributed by atoms with van der Waals surface area (Å²) in [7, 11) is 0. The predicted octanol–water partition coefficient (Wildman–Crippen LogP) is 2.68. The minimum atomic E-state index is -0.425. The van der Waals surface area contributed by atoms with Crippen molar-refractivity contribution in [3.8, 4) is 0 Å². The van der Waals surface area contributed by atoms with Crippen LogP contribution >= 0.6 is 0 Å². The monoisotopic (exact) mass is 358 g/mol. The Morgan fingerprint density at radius 2 is 1.77 bits per heavy atom. The number of hydrogen-bond acceptors (Lipinski definition) is 5. The van der Waals surface area contributed by atoms with Crippen molar-refractivity contribution < 1.29 is 13.6 Å². The van der Waals surface area contributed by atoms with Crippen LogP contribution in [0.2, 0.25) is 0 Å². The summed E-state index contributed by atoms with van der Waals surface area (Å²) in [4.78, 5) is 24.9. The highest BCUT2D eigenvalue weighted by Crippen LogP contribution is 2.32. The molecule has 5 nitrogen and oxygen atoms in total. The quantitative estimate of drug-likeness (QED) is 0.743. The normalized spacial score (nSPS) is 22.2. The van der Waals surface area contributed by atoms with Crippen LogP contribution in [0.3, 0.4) is 0 Å². The van der Waals surface area contributed by atoms with Crippen molar-refractivity contribution in [1.82, 2.24) is 14.9 Å². The van der Waals surface area contributed by atoms with Gasteiger partial charge in [-0.2, -0.15) is 0 Å². The Morgan fingerprint density at radius 1 is 1.04 bits per heavy atom. The Balaban J connectivity index is 1.26. The molecule has 0 radical (unpaired) electrons. The standard InChI is InChI=1S/C19H20F2N4O/c20-14-5-3-13(4-6-14)18(26)2-1-7-24-11-17-8-16(24)12-25(17)19-22-9-15(21)10-23-19/h3-6,9-10,16-17H,1-2,7-8,11-12H2/t16-,17-/m1/s1. The summed E-state index contributed by atoms with van der Waals surface area (Å²) in [5.74, 6) is -0.115. The van der Waals surface area contributed by atoms with Gasteiger partial charge < -0.3 is 4.90 Å². The smallest absolute Gasteiger partial charge is 0.225 e. The molecule has 0 aliphatic carbocycles. The molecule has 2 aliphatic rings. The molecule has 3 heterocycles. The summed E-state index contributed by atoms with van der Waals surface area (Å²) in [6.07, 6.45) is 4.70. The molecular weight excluding hydrogens is 338 g/mol. The average Bonchev–Trinajstić information content (AvgIpc) is 3.23. The highest BCUT2D eigenvalue weighted by atomic mass is 19.1. The van der Waals surface area contributed by atoms with E-state index in [1.165, 1.54) is 36.7 Å². The van der Waals surface area contributed by atoms with Gasteiger partial charge in [0.05, 0.1) is 12.4 Å². The first kappa shape index (κ1) is 17.0. The SMILES string of the molecule is O=C(CCCN1C[C@H]2C[C@@H]1CN2c1ncc(F)cn1)c1ccc(F)cc1. The topological polar surface area (TPSA) is 49.3 Å². The van der Waals surface area contributed by atoms with Crippen molar-refractivity contribution in [3.05, 3.63) is 53.9 Å². The summed E-state index contributed by atoms with van der Waals surface area (Å²) in [6.45, 7) is 2.62. The van der Waals surface area contributed by atoms with Crippen LogP contribution in [-0.4, -0.2) is 52.4 Å². The molecule has 26 heavy (non-hydrogen) atoms. The lowest BCUT2D eigenvalue weighted by Gasteiger charge is -2.34. The van der Waals surface area contributed by atoms with Gasteiger partial charge >= 0.3 is 0 Å². The van der Waals surface area contributed by atoms with E-state index in [9.17, 15) is 13.6 Å². The van der Waals surface area contributed by atoms with Gasteiger partial charge in [0.1, 0.15) is 5.82 Å². The minimum Gasteiger partial charge on any atom is -0.335 e. The number of carbonyl (C=O) groups excluding carboxylic acids is 1. The maximum absolute atomic E-state index is 13.0. The van der Waals surface area contributed by atoms with Crippen LogP contribution in [0, 0.1) is 11.6 Å². The maximum Gasteiger partial charge on any atom is 0.225 e. The zero-order valence-electron chi connectivity index (χ0n) is 14.3. The van der Waals surface area contributed by atoms with Gasteiger partial charge in [-0.1, -0.05) is 0 Å². The Labute approximate surface area is 150 Å². The Hall–Kier alpha value is -2.41. The third kappa shape index (κ3) is 3.44. The highest BCUT2D eigenvalue weighted by molar-refractivity contribution is 5.95. The number of likely N-dealkylation sites (tertiary alicyclic amines) is 1. The van der Waals surface area contributed by atoms with E-state index < -0.39 is 5.82 Å². The molecule has 0 saturated carbocycles. The van der Waals surface area contributed by atoms with Gasteiger partial charge in [0, 0.05) is 37.2 Å². The number of fused-ring (bicyclic) bond motifs is 2. The van der Waals surface area contributed by atoms with Crippen molar-refractivity contribution in [3.63, 3.8) is 0 Å². The number of Topliss-reactive ketones (excluding diaryl/α,β-unsaturated/α-hetero) is 1. The van der Waals surface area contributed by atoms with Gasteiger partial charge in [0.25, 0.3) is 0 Å². The first-order chi connectivity index (χ1) is 12.6. The van der Waals surface area contributed by atoms with E-state index in [-0.39, 0.29) is 11.6 Å². The number of benzene rings is 1. The lowest BCUT2D eigenvalue weighted by atomic mass is 10.1. The Kier molecular flexibility index (Phi) is 4.63. The molecule has 2 saturated heterocycles. The maximum atomic E-state index is 13.0. The van der Waals surface area contributed by atoms with Crippen molar-refractivity contribution in [2.75, 3.05) is 24.5 Å².